The smallest absolute Gasteiger partial charge is 0.322 e. The molecule has 0 aliphatic rings. The summed E-state index contributed by atoms with van der Waals surface area (Å²) in [6.07, 6.45) is 2.33. The molecule has 0 saturated heterocycles. The van der Waals surface area contributed by atoms with E-state index in [1.54, 1.807) is 0 Å². The van der Waals surface area contributed by atoms with Crippen LogP contribution in [0.1, 0.15) is 11.1 Å². The van der Waals surface area contributed by atoms with Crippen molar-refractivity contribution in [3.05, 3.63) is 71.9 Å². The number of aromatic amines is 1. The van der Waals surface area contributed by atoms with Crippen molar-refractivity contribution >= 4 is 28.7 Å². The minimum atomic E-state index is -1.16. The number of H-pyrrole nitrogens is 1. The molecule has 2 amide bonds. The molecule has 0 saturated carbocycles. The average Bonchev–Trinajstić information content (AvgIpc) is 3.15. The standard InChI is InChI=1S/C22H24N4O4/c23-17(11-15-12-24-18-9-5-4-8-16(15)18)21(29)26-19(22(30)25-13-20(27)28)10-14-6-2-1-3-7-14/h1-9,12,17,19,24H,10-11,13,23H2,(H,25,30)(H,26,29)(H,27,28). The highest BCUT2D eigenvalue weighted by Gasteiger charge is 2.25. The van der Waals surface area contributed by atoms with Gasteiger partial charge in [-0.2, -0.15) is 0 Å². The summed E-state index contributed by atoms with van der Waals surface area (Å²) in [6, 6.07) is 15.1. The zero-order valence-corrected chi connectivity index (χ0v) is 16.3. The van der Waals surface area contributed by atoms with Gasteiger partial charge in [0, 0.05) is 23.5 Å². The van der Waals surface area contributed by atoms with E-state index in [0.717, 1.165) is 22.0 Å². The lowest BCUT2D eigenvalue weighted by Gasteiger charge is -2.20. The lowest BCUT2D eigenvalue weighted by Crippen LogP contribution is -2.53. The van der Waals surface area contributed by atoms with Crippen molar-refractivity contribution in [2.45, 2.75) is 24.9 Å². The Morgan fingerprint density at radius 3 is 2.40 bits per heavy atom. The maximum absolute atomic E-state index is 12.7. The minimum absolute atomic E-state index is 0.220. The number of hydrogen-bond donors (Lipinski definition) is 5. The molecular formula is C22H24N4O4. The summed E-state index contributed by atoms with van der Waals surface area (Å²) in [6.45, 7) is -0.526. The lowest BCUT2D eigenvalue weighted by atomic mass is 10.0. The van der Waals surface area contributed by atoms with Crippen LogP contribution in [0.4, 0.5) is 0 Å². The van der Waals surface area contributed by atoms with Crippen molar-refractivity contribution in [2.24, 2.45) is 5.73 Å². The third kappa shape index (κ3) is 5.45. The summed E-state index contributed by atoms with van der Waals surface area (Å²) in [5, 5.41) is 14.8. The average molecular weight is 408 g/mol. The zero-order chi connectivity index (χ0) is 21.5. The van der Waals surface area contributed by atoms with E-state index in [0.29, 0.717) is 6.42 Å². The van der Waals surface area contributed by atoms with Crippen LogP contribution in [-0.4, -0.2) is 46.5 Å². The number of nitrogens with one attached hydrogen (secondary N) is 3. The molecule has 2 unspecified atom stereocenters. The van der Waals surface area contributed by atoms with Crippen molar-refractivity contribution < 1.29 is 19.5 Å². The van der Waals surface area contributed by atoms with Gasteiger partial charge in [-0.3, -0.25) is 14.4 Å². The number of carboxylic acid groups (broad SMARTS) is 1. The second-order valence-corrected chi connectivity index (χ2v) is 7.03. The Bertz CT molecular complexity index is 1030. The molecule has 2 atom stereocenters. The highest BCUT2D eigenvalue weighted by molar-refractivity contribution is 5.92. The fraction of sp³-hybridized carbons (Fsp3) is 0.227. The predicted molar refractivity (Wildman–Crippen MR) is 113 cm³/mol. The van der Waals surface area contributed by atoms with Crippen LogP contribution in [0.5, 0.6) is 0 Å². The Morgan fingerprint density at radius 1 is 0.967 bits per heavy atom. The van der Waals surface area contributed by atoms with Gasteiger partial charge in [-0.15, -0.1) is 0 Å². The lowest BCUT2D eigenvalue weighted by molar-refractivity contribution is -0.138. The highest BCUT2D eigenvalue weighted by Crippen LogP contribution is 2.18. The van der Waals surface area contributed by atoms with Crippen molar-refractivity contribution in [1.82, 2.24) is 15.6 Å². The molecule has 0 bridgehead atoms. The highest BCUT2D eigenvalue weighted by atomic mass is 16.4. The topological polar surface area (TPSA) is 137 Å². The third-order valence-electron chi connectivity index (χ3n) is 4.78. The number of aliphatic carboxylic acids is 1. The first kappa shape index (κ1) is 21.1. The molecule has 0 fully saturated rings. The molecule has 3 aromatic rings. The van der Waals surface area contributed by atoms with Crippen LogP contribution < -0.4 is 16.4 Å². The molecule has 8 heteroatoms. The fourth-order valence-corrected chi connectivity index (χ4v) is 3.25. The molecule has 1 heterocycles. The zero-order valence-electron chi connectivity index (χ0n) is 16.3. The predicted octanol–water partition coefficient (Wildman–Crippen LogP) is 0.966. The van der Waals surface area contributed by atoms with Gasteiger partial charge in [-0.1, -0.05) is 48.5 Å². The van der Waals surface area contributed by atoms with Crippen LogP contribution in [0.25, 0.3) is 10.9 Å². The van der Waals surface area contributed by atoms with Crippen LogP contribution in [-0.2, 0) is 27.2 Å². The van der Waals surface area contributed by atoms with Gasteiger partial charge >= 0.3 is 5.97 Å². The Labute approximate surface area is 173 Å². The molecule has 1 aromatic heterocycles. The molecule has 3 rings (SSSR count). The van der Waals surface area contributed by atoms with E-state index in [9.17, 15) is 14.4 Å². The van der Waals surface area contributed by atoms with Crippen molar-refractivity contribution in [2.75, 3.05) is 6.54 Å². The summed E-state index contributed by atoms with van der Waals surface area (Å²) < 4.78 is 0. The number of amides is 2. The molecule has 156 valence electrons. The van der Waals surface area contributed by atoms with E-state index in [2.05, 4.69) is 15.6 Å². The van der Waals surface area contributed by atoms with Gasteiger partial charge in [0.2, 0.25) is 11.8 Å². The normalized spacial score (nSPS) is 12.8. The van der Waals surface area contributed by atoms with Crippen molar-refractivity contribution in [3.63, 3.8) is 0 Å². The van der Waals surface area contributed by atoms with E-state index >= 15 is 0 Å². The van der Waals surface area contributed by atoms with Gasteiger partial charge < -0.3 is 26.5 Å². The second kappa shape index (κ2) is 9.71. The number of rotatable bonds is 9. The number of aromatic nitrogens is 1. The summed E-state index contributed by atoms with van der Waals surface area (Å²) in [7, 11) is 0. The molecule has 2 aromatic carbocycles. The molecule has 8 nitrogen and oxygen atoms in total. The fourth-order valence-electron chi connectivity index (χ4n) is 3.25. The summed E-state index contributed by atoms with van der Waals surface area (Å²) in [5.41, 5.74) is 8.80. The van der Waals surface area contributed by atoms with Gasteiger partial charge in [0.1, 0.15) is 12.6 Å². The SMILES string of the molecule is NC(Cc1c[nH]c2ccccc12)C(=O)NC(Cc1ccccc1)C(=O)NCC(=O)O. The Kier molecular flexibility index (Phi) is 6.82. The Hall–Kier alpha value is -3.65. The Balaban J connectivity index is 1.69. The molecule has 0 spiro atoms. The van der Waals surface area contributed by atoms with E-state index < -0.39 is 36.4 Å². The van der Waals surface area contributed by atoms with E-state index in [1.807, 2.05) is 60.8 Å². The monoisotopic (exact) mass is 408 g/mol. The molecule has 0 radical (unpaired) electrons. The van der Waals surface area contributed by atoms with Gasteiger partial charge in [0.05, 0.1) is 6.04 Å². The number of para-hydroxylation sites is 1. The maximum atomic E-state index is 12.7. The molecule has 0 aliphatic carbocycles. The largest absolute Gasteiger partial charge is 0.480 e. The molecule has 6 N–H and O–H groups in total. The first-order valence-electron chi connectivity index (χ1n) is 9.58. The summed E-state index contributed by atoms with van der Waals surface area (Å²) >= 11 is 0. The number of carboxylic acids is 1. The van der Waals surface area contributed by atoms with Crippen LogP contribution in [0, 0.1) is 0 Å². The number of benzene rings is 2. The molecule has 0 aliphatic heterocycles. The minimum Gasteiger partial charge on any atom is -0.480 e. The van der Waals surface area contributed by atoms with E-state index in [4.69, 9.17) is 10.8 Å². The van der Waals surface area contributed by atoms with Crippen LogP contribution in [0.3, 0.4) is 0 Å². The number of fused-ring (bicyclic) bond motifs is 1. The number of carbonyl (C=O) groups excluding carboxylic acids is 2. The first-order valence-corrected chi connectivity index (χ1v) is 9.58. The van der Waals surface area contributed by atoms with E-state index in [1.165, 1.54) is 0 Å². The van der Waals surface area contributed by atoms with Crippen molar-refractivity contribution in [1.29, 1.82) is 0 Å². The maximum Gasteiger partial charge on any atom is 0.322 e. The van der Waals surface area contributed by atoms with Gasteiger partial charge in [0.15, 0.2) is 0 Å². The van der Waals surface area contributed by atoms with Crippen LogP contribution in [0.15, 0.2) is 60.8 Å². The van der Waals surface area contributed by atoms with Gasteiger partial charge in [-0.25, -0.2) is 0 Å². The first-order chi connectivity index (χ1) is 14.4. The summed E-state index contributed by atoms with van der Waals surface area (Å²) in [4.78, 5) is 39.1. The van der Waals surface area contributed by atoms with E-state index in [-0.39, 0.29) is 6.42 Å². The second-order valence-electron chi connectivity index (χ2n) is 7.03. The number of nitrogens with two attached hydrogens (primary N) is 1. The number of carbonyl (C=O) groups is 3. The molecule has 30 heavy (non-hydrogen) atoms. The van der Waals surface area contributed by atoms with Crippen molar-refractivity contribution in [3.8, 4) is 0 Å². The number of hydrogen-bond acceptors (Lipinski definition) is 4. The van der Waals surface area contributed by atoms with Crippen LogP contribution in [0.2, 0.25) is 0 Å². The Morgan fingerprint density at radius 2 is 1.67 bits per heavy atom. The van der Waals surface area contributed by atoms with Crippen LogP contribution >= 0.6 is 0 Å². The van der Waals surface area contributed by atoms with Gasteiger partial charge in [-0.05, 0) is 23.6 Å². The quantitative estimate of drug-likeness (QED) is 0.359. The van der Waals surface area contributed by atoms with Gasteiger partial charge in [0.25, 0.3) is 0 Å². The molecular weight excluding hydrogens is 384 g/mol. The third-order valence-corrected chi connectivity index (χ3v) is 4.78. The summed E-state index contributed by atoms with van der Waals surface area (Å²) in [5.74, 6) is -2.22.